The fourth-order valence-corrected chi connectivity index (χ4v) is 3.18. The molecule has 0 fully saturated rings. The lowest BCUT2D eigenvalue weighted by atomic mass is 10.1. The third-order valence-electron chi connectivity index (χ3n) is 3.27. The Hall–Kier alpha value is -1.92. The molecular weight excluding hydrogens is 302 g/mol. The first-order valence-corrected chi connectivity index (χ1v) is 7.81. The minimum atomic E-state index is -1.26. The van der Waals surface area contributed by atoms with Crippen molar-refractivity contribution in [2.45, 2.75) is 32.5 Å². The molecule has 0 unspecified atom stereocenters. The van der Waals surface area contributed by atoms with Crippen LogP contribution in [0.4, 0.5) is 0 Å². The molecule has 0 saturated heterocycles. The van der Waals surface area contributed by atoms with Gasteiger partial charge in [0, 0.05) is 23.7 Å². The molecule has 6 heteroatoms. The first-order valence-electron chi connectivity index (χ1n) is 6.93. The van der Waals surface area contributed by atoms with E-state index >= 15 is 0 Å². The number of benzene rings is 1. The molecule has 2 N–H and O–H groups in total. The maximum Gasteiger partial charge on any atom is 0.303 e. The van der Waals surface area contributed by atoms with E-state index in [2.05, 4.69) is 5.32 Å². The number of carbonyl (C=O) groups excluding carboxylic acids is 2. The van der Waals surface area contributed by atoms with E-state index in [0.29, 0.717) is 0 Å². The van der Waals surface area contributed by atoms with Crippen LogP contribution in [0.1, 0.15) is 32.4 Å². The molecule has 0 aliphatic rings. The van der Waals surface area contributed by atoms with Crippen molar-refractivity contribution in [3.05, 3.63) is 35.2 Å². The number of hydrogen-bond donors (Lipinski definition) is 2. The standard InChI is InChI=1S/C16H19NO4S/c1-10(18)21-16(2,3)15(20)17-8-13(19)12-9-22-14-7-5-4-6-11(12)14/h4-7,9,13,19H,8H2,1-3H3,(H,17,20)/t13-/m0/s1. The third-order valence-corrected chi connectivity index (χ3v) is 4.25. The first kappa shape index (κ1) is 16.5. The van der Waals surface area contributed by atoms with Gasteiger partial charge in [-0.25, -0.2) is 0 Å². The minimum absolute atomic E-state index is 0.0598. The molecule has 0 saturated carbocycles. The van der Waals surface area contributed by atoms with Gasteiger partial charge in [-0.2, -0.15) is 0 Å². The molecule has 0 bridgehead atoms. The highest BCUT2D eigenvalue weighted by atomic mass is 32.1. The summed E-state index contributed by atoms with van der Waals surface area (Å²) in [5.41, 5.74) is -0.478. The molecule has 22 heavy (non-hydrogen) atoms. The summed E-state index contributed by atoms with van der Waals surface area (Å²) in [6.45, 7) is 4.33. The Kier molecular flexibility index (Phi) is 4.83. The second kappa shape index (κ2) is 6.46. The van der Waals surface area contributed by atoms with Crippen LogP contribution in [0.3, 0.4) is 0 Å². The van der Waals surface area contributed by atoms with Crippen LogP contribution in [0.15, 0.2) is 29.6 Å². The van der Waals surface area contributed by atoms with Crippen molar-refractivity contribution in [2.75, 3.05) is 6.54 Å². The van der Waals surface area contributed by atoms with Gasteiger partial charge in [0.15, 0.2) is 5.60 Å². The van der Waals surface area contributed by atoms with Crippen LogP contribution >= 0.6 is 11.3 Å². The van der Waals surface area contributed by atoms with Gasteiger partial charge in [-0.1, -0.05) is 18.2 Å². The van der Waals surface area contributed by atoms with Crippen molar-refractivity contribution >= 4 is 33.3 Å². The summed E-state index contributed by atoms with van der Waals surface area (Å²) in [5.74, 6) is -0.967. The van der Waals surface area contributed by atoms with E-state index in [1.165, 1.54) is 20.8 Å². The second-order valence-corrected chi connectivity index (χ2v) is 6.43. The zero-order chi connectivity index (χ0) is 16.3. The molecule has 118 valence electrons. The summed E-state index contributed by atoms with van der Waals surface area (Å²) in [7, 11) is 0. The van der Waals surface area contributed by atoms with Crippen LogP contribution in [-0.4, -0.2) is 29.1 Å². The van der Waals surface area contributed by atoms with Crippen LogP contribution in [0.5, 0.6) is 0 Å². The van der Waals surface area contributed by atoms with Crippen molar-refractivity contribution < 1.29 is 19.4 Å². The van der Waals surface area contributed by atoms with Gasteiger partial charge in [0.2, 0.25) is 0 Å². The molecule has 1 aromatic carbocycles. The lowest BCUT2D eigenvalue weighted by Crippen LogP contribution is -2.46. The number of hydrogen-bond acceptors (Lipinski definition) is 5. The number of rotatable bonds is 5. The molecule has 2 aromatic rings. The van der Waals surface area contributed by atoms with Crippen LogP contribution in [-0.2, 0) is 14.3 Å². The smallest absolute Gasteiger partial charge is 0.303 e. The van der Waals surface area contributed by atoms with E-state index in [-0.39, 0.29) is 6.54 Å². The van der Waals surface area contributed by atoms with E-state index in [1.54, 1.807) is 11.3 Å². The molecule has 0 aliphatic heterocycles. The van der Waals surface area contributed by atoms with E-state index in [0.717, 1.165) is 15.6 Å². The van der Waals surface area contributed by atoms with E-state index in [4.69, 9.17) is 4.74 Å². The molecule has 0 radical (unpaired) electrons. The Morgan fingerprint density at radius 3 is 2.73 bits per heavy atom. The Balaban J connectivity index is 2.02. The third kappa shape index (κ3) is 3.64. The highest BCUT2D eigenvalue weighted by Gasteiger charge is 2.31. The summed E-state index contributed by atoms with van der Waals surface area (Å²) in [6, 6.07) is 7.78. The Bertz CT molecular complexity index is 692. The van der Waals surface area contributed by atoms with E-state index < -0.39 is 23.6 Å². The van der Waals surface area contributed by atoms with E-state index in [9.17, 15) is 14.7 Å². The van der Waals surface area contributed by atoms with Gasteiger partial charge in [0.1, 0.15) is 0 Å². The molecule has 1 heterocycles. The minimum Gasteiger partial charge on any atom is -0.450 e. The van der Waals surface area contributed by atoms with Gasteiger partial charge in [0.25, 0.3) is 5.91 Å². The summed E-state index contributed by atoms with van der Waals surface area (Å²) in [5, 5.41) is 15.8. The fourth-order valence-electron chi connectivity index (χ4n) is 2.17. The molecule has 0 aliphatic carbocycles. The number of ether oxygens (including phenoxy) is 1. The Morgan fingerprint density at radius 2 is 2.05 bits per heavy atom. The molecule has 1 amide bonds. The lowest BCUT2D eigenvalue weighted by Gasteiger charge is -2.24. The molecule has 2 rings (SSSR count). The van der Waals surface area contributed by atoms with Crippen LogP contribution in [0.25, 0.3) is 10.1 Å². The summed E-state index contributed by atoms with van der Waals surface area (Å²) < 4.78 is 6.05. The van der Waals surface area contributed by atoms with Crippen molar-refractivity contribution in [1.29, 1.82) is 0 Å². The van der Waals surface area contributed by atoms with Crippen LogP contribution < -0.4 is 5.32 Å². The normalized spacial score (nSPS) is 12.9. The highest BCUT2D eigenvalue weighted by molar-refractivity contribution is 7.17. The maximum atomic E-state index is 12.0. The predicted molar refractivity (Wildman–Crippen MR) is 85.6 cm³/mol. The Labute approximate surface area is 132 Å². The van der Waals surface area contributed by atoms with E-state index in [1.807, 2.05) is 29.6 Å². The van der Waals surface area contributed by atoms with Gasteiger partial charge in [-0.15, -0.1) is 11.3 Å². The largest absolute Gasteiger partial charge is 0.450 e. The number of thiophene rings is 1. The molecule has 1 aromatic heterocycles. The van der Waals surface area contributed by atoms with Crippen molar-refractivity contribution in [1.82, 2.24) is 5.32 Å². The average Bonchev–Trinajstić information content (AvgIpc) is 2.87. The predicted octanol–water partition coefficient (Wildman–Crippen LogP) is 2.39. The zero-order valence-corrected chi connectivity index (χ0v) is 13.6. The van der Waals surface area contributed by atoms with Crippen LogP contribution in [0, 0.1) is 0 Å². The Morgan fingerprint density at radius 1 is 1.36 bits per heavy atom. The van der Waals surface area contributed by atoms with Gasteiger partial charge < -0.3 is 15.2 Å². The van der Waals surface area contributed by atoms with Gasteiger partial charge in [0.05, 0.1) is 6.10 Å². The number of esters is 1. The number of carbonyl (C=O) groups is 2. The number of aliphatic hydroxyl groups excluding tert-OH is 1. The number of aliphatic hydroxyl groups is 1. The fraction of sp³-hybridized carbons (Fsp3) is 0.375. The first-order chi connectivity index (χ1) is 10.3. The zero-order valence-electron chi connectivity index (χ0n) is 12.8. The molecule has 5 nitrogen and oxygen atoms in total. The average molecular weight is 321 g/mol. The number of fused-ring (bicyclic) bond motifs is 1. The van der Waals surface area contributed by atoms with Gasteiger partial charge in [-0.3, -0.25) is 9.59 Å². The van der Waals surface area contributed by atoms with Gasteiger partial charge in [-0.05, 0) is 30.7 Å². The lowest BCUT2D eigenvalue weighted by molar-refractivity contribution is -0.163. The quantitative estimate of drug-likeness (QED) is 0.829. The topological polar surface area (TPSA) is 75.6 Å². The van der Waals surface area contributed by atoms with Crippen molar-refractivity contribution in [3.63, 3.8) is 0 Å². The van der Waals surface area contributed by atoms with Crippen molar-refractivity contribution in [3.8, 4) is 0 Å². The number of nitrogens with one attached hydrogen (secondary N) is 1. The van der Waals surface area contributed by atoms with Crippen LogP contribution in [0.2, 0.25) is 0 Å². The molecule has 1 atom stereocenters. The molecule has 0 spiro atoms. The van der Waals surface area contributed by atoms with Crippen molar-refractivity contribution in [2.24, 2.45) is 0 Å². The highest BCUT2D eigenvalue weighted by Crippen LogP contribution is 2.29. The second-order valence-electron chi connectivity index (χ2n) is 5.52. The monoisotopic (exact) mass is 321 g/mol. The summed E-state index contributed by atoms with van der Waals surface area (Å²) in [6.07, 6.45) is -0.812. The van der Waals surface area contributed by atoms with Gasteiger partial charge >= 0.3 is 5.97 Å². The summed E-state index contributed by atoms with van der Waals surface area (Å²) >= 11 is 1.55. The maximum absolute atomic E-state index is 12.0. The SMILES string of the molecule is CC(=O)OC(C)(C)C(=O)NC[C@H](O)c1csc2ccccc12. The number of amides is 1. The molecular formula is C16H19NO4S. The summed E-state index contributed by atoms with van der Waals surface area (Å²) in [4.78, 5) is 23.0.